The second-order valence-electron chi connectivity index (χ2n) is 3.51. The highest BCUT2D eigenvalue weighted by atomic mass is 35.5. The molecule has 2 rings (SSSR count). The van der Waals surface area contributed by atoms with Crippen LogP contribution in [0.1, 0.15) is 18.9 Å². The summed E-state index contributed by atoms with van der Waals surface area (Å²) in [5, 5.41) is 0.716. The van der Waals surface area contributed by atoms with E-state index in [1.807, 2.05) is 12.1 Å². The Morgan fingerprint density at radius 1 is 1.57 bits per heavy atom. The molecule has 0 saturated heterocycles. The summed E-state index contributed by atoms with van der Waals surface area (Å²) in [6.07, 6.45) is 1.34. The third-order valence-electron chi connectivity index (χ3n) is 2.42. The molecule has 0 N–H and O–H groups in total. The third kappa shape index (κ3) is 1.75. The van der Waals surface area contributed by atoms with Crippen molar-refractivity contribution in [2.45, 2.75) is 25.9 Å². The number of carbonyl (C=O) groups is 1. The van der Waals surface area contributed by atoms with E-state index in [2.05, 4.69) is 0 Å². The van der Waals surface area contributed by atoms with E-state index >= 15 is 0 Å². The van der Waals surface area contributed by atoms with Crippen LogP contribution >= 0.6 is 11.6 Å². The molecule has 2 nitrogen and oxygen atoms in total. The molecule has 1 aromatic carbocycles. The van der Waals surface area contributed by atoms with Crippen molar-refractivity contribution < 1.29 is 9.53 Å². The molecule has 1 aromatic rings. The van der Waals surface area contributed by atoms with E-state index < -0.39 is 0 Å². The Morgan fingerprint density at radius 3 is 3.07 bits per heavy atom. The highest BCUT2D eigenvalue weighted by Gasteiger charge is 2.22. The number of ether oxygens (including phenoxy) is 1. The van der Waals surface area contributed by atoms with Gasteiger partial charge in [-0.3, -0.25) is 4.79 Å². The summed E-state index contributed by atoms with van der Waals surface area (Å²) in [6.45, 7) is 1.56. The quantitative estimate of drug-likeness (QED) is 0.712. The van der Waals surface area contributed by atoms with E-state index in [0.29, 0.717) is 5.02 Å². The van der Waals surface area contributed by atoms with Gasteiger partial charge in [-0.15, -0.1) is 0 Å². The number of hydrogen-bond acceptors (Lipinski definition) is 2. The smallest absolute Gasteiger partial charge is 0.170 e. The molecule has 0 spiro atoms. The molecule has 1 atom stereocenters. The molecule has 1 unspecified atom stereocenters. The Kier molecular flexibility index (Phi) is 2.46. The van der Waals surface area contributed by atoms with Gasteiger partial charge in [-0.2, -0.15) is 0 Å². The largest absolute Gasteiger partial charge is 0.482 e. The zero-order valence-corrected chi connectivity index (χ0v) is 8.67. The molecule has 1 aliphatic rings. The Bertz CT molecular complexity index is 374. The number of benzene rings is 1. The van der Waals surface area contributed by atoms with Crippen LogP contribution in [-0.4, -0.2) is 11.9 Å². The van der Waals surface area contributed by atoms with Gasteiger partial charge in [-0.25, -0.2) is 0 Å². The van der Waals surface area contributed by atoms with Crippen LogP contribution in [0.25, 0.3) is 0 Å². The normalized spacial score (nSPS) is 19.7. The molecule has 14 heavy (non-hydrogen) atoms. The van der Waals surface area contributed by atoms with E-state index in [1.165, 1.54) is 0 Å². The fourth-order valence-electron chi connectivity index (χ4n) is 1.64. The van der Waals surface area contributed by atoms with Crippen molar-refractivity contribution in [3.8, 4) is 5.75 Å². The van der Waals surface area contributed by atoms with Gasteiger partial charge in [0, 0.05) is 5.02 Å². The van der Waals surface area contributed by atoms with Crippen LogP contribution in [0.2, 0.25) is 5.02 Å². The Balaban J connectivity index is 2.27. The van der Waals surface area contributed by atoms with Gasteiger partial charge < -0.3 is 4.74 Å². The topological polar surface area (TPSA) is 26.3 Å². The lowest BCUT2D eigenvalue weighted by Crippen LogP contribution is -2.29. The maximum atomic E-state index is 11.1. The fourth-order valence-corrected chi connectivity index (χ4v) is 1.84. The molecular weight excluding hydrogens is 200 g/mol. The minimum Gasteiger partial charge on any atom is -0.482 e. The summed E-state index contributed by atoms with van der Waals surface area (Å²) < 4.78 is 5.54. The average Bonchev–Trinajstić information content (AvgIpc) is 2.16. The summed E-state index contributed by atoms with van der Waals surface area (Å²) in [5.74, 6) is 0.881. The van der Waals surface area contributed by atoms with Crippen LogP contribution < -0.4 is 4.74 Å². The molecule has 0 fully saturated rings. The van der Waals surface area contributed by atoms with Crippen LogP contribution in [0, 0.1) is 0 Å². The molecule has 1 aliphatic heterocycles. The van der Waals surface area contributed by atoms with Crippen molar-refractivity contribution >= 4 is 17.4 Å². The van der Waals surface area contributed by atoms with Gasteiger partial charge in [0.15, 0.2) is 11.9 Å². The van der Waals surface area contributed by atoms with E-state index in [0.717, 1.165) is 24.2 Å². The van der Waals surface area contributed by atoms with Gasteiger partial charge in [-0.05, 0) is 43.5 Å². The van der Waals surface area contributed by atoms with Gasteiger partial charge in [0.2, 0.25) is 0 Å². The Labute approximate surface area is 87.8 Å². The van der Waals surface area contributed by atoms with Gasteiger partial charge in [0.25, 0.3) is 0 Å². The summed E-state index contributed by atoms with van der Waals surface area (Å²) in [7, 11) is 0. The van der Waals surface area contributed by atoms with E-state index in [9.17, 15) is 4.79 Å². The number of fused-ring (bicyclic) bond motifs is 1. The maximum Gasteiger partial charge on any atom is 0.170 e. The zero-order valence-electron chi connectivity index (χ0n) is 7.92. The summed E-state index contributed by atoms with van der Waals surface area (Å²) >= 11 is 5.85. The van der Waals surface area contributed by atoms with Crippen molar-refractivity contribution in [1.29, 1.82) is 0 Å². The van der Waals surface area contributed by atoms with Crippen molar-refractivity contribution in [3.63, 3.8) is 0 Å². The first-order valence-corrected chi connectivity index (χ1v) is 5.00. The lowest BCUT2D eigenvalue weighted by atomic mass is 10.0. The van der Waals surface area contributed by atoms with Gasteiger partial charge in [0.1, 0.15) is 5.75 Å². The minimum atomic E-state index is -0.274. The highest BCUT2D eigenvalue weighted by Crippen LogP contribution is 2.30. The molecule has 0 aliphatic carbocycles. The first-order valence-electron chi connectivity index (χ1n) is 4.62. The molecule has 0 bridgehead atoms. The number of Topliss-reactive ketones (excluding diaryl/α,β-unsaturated/α-hetero) is 1. The van der Waals surface area contributed by atoms with E-state index in [-0.39, 0.29) is 11.9 Å². The molecule has 1 heterocycles. The number of rotatable bonds is 1. The van der Waals surface area contributed by atoms with Crippen LogP contribution in [0.5, 0.6) is 5.75 Å². The predicted octanol–water partition coefficient (Wildman–Crippen LogP) is 2.62. The minimum absolute atomic E-state index is 0.0885. The van der Waals surface area contributed by atoms with Gasteiger partial charge in [-0.1, -0.05) is 11.6 Å². The van der Waals surface area contributed by atoms with Crippen molar-refractivity contribution in [1.82, 2.24) is 0 Å². The molecule has 0 radical (unpaired) electrons. The van der Waals surface area contributed by atoms with Crippen LogP contribution in [0.4, 0.5) is 0 Å². The van der Waals surface area contributed by atoms with Crippen LogP contribution in [0.15, 0.2) is 18.2 Å². The SMILES string of the molecule is CC(=O)C1CCc2cc(Cl)ccc2O1. The first-order chi connectivity index (χ1) is 6.66. The lowest BCUT2D eigenvalue weighted by Gasteiger charge is -2.24. The van der Waals surface area contributed by atoms with Crippen LogP contribution in [0.3, 0.4) is 0 Å². The second-order valence-corrected chi connectivity index (χ2v) is 3.94. The third-order valence-corrected chi connectivity index (χ3v) is 2.66. The number of halogens is 1. The lowest BCUT2D eigenvalue weighted by molar-refractivity contribution is -0.124. The van der Waals surface area contributed by atoms with Gasteiger partial charge >= 0.3 is 0 Å². The van der Waals surface area contributed by atoms with Crippen LogP contribution in [-0.2, 0) is 11.2 Å². The van der Waals surface area contributed by atoms with Crippen molar-refractivity contribution in [3.05, 3.63) is 28.8 Å². The summed E-state index contributed by atoms with van der Waals surface area (Å²) in [6, 6.07) is 5.50. The number of hydrogen-bond donors (Lipinski definition) is 0. The zero-order chi connectivity index (χ0) is 10.1. The molecule has 0 saturated carbocycles. The monoisotopic (exact) mass is 210 g/mol. The highest BCUT2D eigenvalue weighted by molar-refractivity contribution is 6.30. The number of ketones is 1. The molecule has 3 heteroatoms. The molecular formula is C11H11ClO2. The van der Waals surface area contributed by atoms with Gasteiger partial charge in [0.05, 0.1) is 0 Å². The maximum absolute atomic E-state index is 11.1. The Hall–Kier alpha value is -1.02. The molecule has 74 valence electrons. The predicted molar refractivity (Wildman–Crippen MR) is 54.9 cm³/mol. The van der Waals surface area contributed by atoms with E-state index in [1.54, 1.807) is 13.0 Å². The van der Waals surface area contributed by atoms with E-state index in [4.69, 9.17) is 16.3 Å². The number of carbonyl (C=O) groups excluding carboxylic acids is 1. The summed E-state index contributed by atoms with van der Waals surface area (Å²) in [5.41, 5.74) is 1.09. The fraction of sp³-hybridized carbons (Fsp3) is 0.364. The second kappa shape index (κ2) is 3.62. The number of aryl methyl sites for hydroxylation is 1. The summed E-state index contributed by atoms with van der Waals surface area (Å²) in [4.78, 5) is 11.1. The average molecular weight is 211 g/mol. The van der Waals surface area contributed by atoms with Crippen molar-refractivity contribution in [2.75, 3.05) is 0 Å². The first kappa shape index (κ1) is 9.53. The molecule has 0 aromatic heterocycles. The Morgan fingerprint density at radius 2 is 2.36 bits per heavy atom. The van der Waals surface area contributed by atoms with Crippen molar-refractivity contribution in [2.24, 2.45) is 0 Å². The molecule has 0 amide bonds. The standard InChI is InChI=1S/C11H11ClO2/c1-7(13)10-4-2-8-6-9(12)3-5-11(8)14-10/h3,5-6,10H,2,4H2,1H3.